The predicted octanol–water partition coefficient (Wildman–Crippen LogP) is 3.10. The number of rotatable bonds is 8. The van der Waals surface area contributed by atoms with E-state index < -0.39 is 6.10 Å². The van der Waals surface area contributed by atoms with Crippen LogP contribution in [0.3, 0.4) is 0 Å². The van der Waals surface area contributed by atoms with Gasteiger partial charge in [-0.05, 0) is 41.8 Å². The third-order valence-corrected chi connectivity index (χ3v) is 5.87. The van der Waals surface area contributed by atoms with Gasteiger partial charge in [-0.1, -0.05) is 24.3 Å². The second kappa shape index (κ2) is 10.8. The molecule has 9 heteroatoms. The number of hydrogen-bond acceptors (Lipinski definition) is 5. The topological polar surface area (TPSA) is 111 Å². The predicted molar refractivity (Wildman–Crippen MR) is 128 cm³/mol. The monoisotopic (exact) mass is 463 g/mol. The van der Waals surface area contributed by atoms with E-state index >= 15 is 0 Å². The zero-order valence-electron chi connectivity index (χ0n) is 19.1. The van der Waals surface area contributed by atoms with E-state index in [0.29, 0.717) is 37.5 Å². The van der Waals surface area contributed by atoms with Crippen molar-refractivity contribution in [1.82, 2.24) is 20.0 Å². The van der Waals surface area contributed by atoms with E-state index in [1.54, 1.807) is 29.3 Å². The molecule has 0 aliphatic carbocycles. The van der Waals surface area contributed by atoms with E-state index in [2.05, 4.69) is 15.5 Å². The highest BCUT2D eigenvalue weighted by Gasteiger charge is 2.25. The van der Waals surface area contributed by atoms with Crippen molar-refractivity contribution in [2.24, 2.45) is 0 Å². The van der Waals surface area contributed by atoms with Crippen LogP contribution in [0.2, 0.25) is 0 Å². The van der Waals surface area contributed by atoms with Gasteiger partial charge in [-0.3, -0.25) is 9.89 Å². The molecular formula is C25H29N5O4. The van der Waals surface area contributed by atoms with Gasteiger partial charge >= 0.3 is 6.03 Å². The van der Waals surface area contributed by atoms with Crippen molar-refractivity contribution < 1.29 is 19.4 Å². The SMILES string of the molecule is COc1cccc(CN(CCC(=O)N2CCC(O)C2)C(=O)Nc2ccc(-c3cn[nH]c3)cc2)c1. The lowest BCUT2D eigenvalue weighted by atomic mass is 10.1. The highest BCUT2D eigenvalue weighted by molar-refractivity contribution is 5.90. The smallest absolute Gasteiger partial charge is 0.322 e. The number of aromatic nitrogens is 2. The Bertz CT molecular complexity index is 1100. The number of likely N-dealkylation sites (tertiary alicyclic amines) is 1. The van der Waals surface area contributed by atoms with Crippen LogP contribution in [0.4, 0.5) is 10.5 Å². The number of amides is 3. The molecule has 4 rings (SSSR count). The molecule has 178 valence electrons. The molecule has 3 N–H and O–H groups in total. The number of aliphatic hydroxyl groups is 1. The summed E-state index contributed by atoms with van der Waals surface area (Å²) in [5, 5.41) is 19.4. The Morgan fingerprint density at radius 2 is 2.06 bits per heavy atom. The molecule has 0 spiro atoms. The molecule has 1 fully saturated rings. The van der Waals surface area contributed by atoms with Gasteiger partial charge in [0.25, 0.3) is 0 Å². The van der Waals surface area contributed by atoms with Crippen LogP contribution < -0.4 is 10.1 Å². The maximum Gasteiger partial charge on any atom is 0.322 e. The van der Waals surface area contributed by atoms with E-state index in [0.717, 1.165) is 16.7 Å². The van der Waals surface area contributed by atoms with Gasteiger partial charge in [-0.15, -0.1) is 0 Å². The Morgan fingerprint density at radius 1 is 1.24 bits per heavy atom. The molecule has 0 saturated carbocycles. The maximum atomic E-state index is 13.2. The number of urea groups is 1. The zero-order valence-corrected chi connectivity index (χ0v) is 19.1. The second-order valence-corrected chi connectivity index (χ2v) is 8.30. The van der Waals surface area contributed by atoms with E-state index in [9.17, 15) is 14.7 Å². The number of β-amino-alcohol motifs (C(OH)–C–C–N with tert-alkyl or cyclic N) is 1. The second-order valence-electron chi connectivity index (χ2n) is 8.30. The van der Waals surface area contributed by atoms with Gasteiger partial charge in [0.2, 0.25) is 5.91 Å². The molecule has 0 radical (unpaired) electrons. The van der Waals surface area contributed by atoms with E-state index in [1.165, 1.54) is 0 Å². The molecule has 1 aliphatic rings. The summed E-state index contributed by atoms with van der Waals surface area (Å²) in [4.78, 5) is 29.1. The number of nitrogens with one attached hydrogen (secondary N) is 2. The molecular weight excluding hydrogens is 434 g/mol. The van der Waals surface area contributed by atoms with Crippen molar-refractivity contribution >= 4 is 17.6 Å². The number of aromatic amines is 1. The van der Waals surface area contributed by atoms with Crippen LogP contribution in [-0.4, -0.2) is 69.9 Å². The summed E-state index contributed by atoms with van der Waals surface area (Å²) in [6.07, 6.45) is 3.85. The van der Waals surface area contributed by atoms with Crippen molar-refractivity contribution in [2.75, 3.05) is 32.1 Å². The summed E-state index contributed by atoms with van der Waals surface area (Å²) in [7, 11) is 1.60. The summed E-state index contributed by atoms with van der Waals surface area (Å²) in [6.45, 7) is 1.47. The minimum absolute atomic E-state index is 0.0653. The first-order chi connectivity index (χ1) is 16.5. The average Bonchev–Trinajstić information content (AvgIpc) is 3.54. The highest BCUT2D eigenvalue weighted by atomic mass is 16.5. The maximum absolute atomic E-state index is 13.2. The van der Waals surface area contributed by atoms with Gasteiger partial charge in [-0.25, -0.2) is 4.79 Å². The number of carbonyl (C=O) groups excluding carboxylic acids is 2. The number of anilines is 1. The van der Waals surface area contributed by atoms with Gasteiger partial charge in [0.05, 0.1) is 19.4 Å². The number of methoxy groups -OCH3 is 1. The minimum atomic E-state index is -0.467. The summed E-state index contributed by atoms with van der Waals surface area (Å²) in [5.41, 5.74) is 3.50. The largest absolute Gasteiger partial charge is 0.497 e. The summed E-state index contributed by atoms with van der Waals surface area (Å²) in [5.74, 6) is 0.638. The van der Waals surface area contributed by atoms with Crippen molar-refractivity contribution in [1.29, 1.82) is 0 Å². The van der Waals surface area contributed by atoms with Crippen LogP contribution in [0, 0.1) is 0 Å². The summed E-state index contributed by atoms with van der Waals surface area (Å²) < 4.78 is 5.30. The highest BCUT2D eigenvalue weighted by Crippen LogP contribution is 2.21. The Hall–Kier alpha value is -3.85. The lowest BCUT2D eigenvalue weighted by Crippen LogP contribution is -2.38. The lowest BCUT2D eigenvalue weighted by molar-refractivity contribution is -0.130. The normalized spacial score (nSPS) is 15.2. The summed E-state index contributed by atoms with van der Waals surface area (Å²) >= 11 is 0. The van der Waals surface area contributed by atoms with Crippen molar-refractivity contribution in [3.8, 4) is 16.9 Å². The first-order valence-corrected chi connectivity index (χ1v) is 11.3. The van der Waals surface area contributed by atoms with Gasteiger partial charge < -0.3 is 25.0 Å². The van der Waals surface area contributed by atoms with Gasteiger partial charge in [-0.2, -0.15) is 5.10 Å². The summed E-state index contributed by atoms with van der Waals surface area (Å²) in [6, 6.07) is 14.7. The fraction of sp³-hybridized carbons (Fsp3) is 0.320. The third-order valence-electron chi connectivity index (χ3n) is 5.87. The molecule has 34 heavy (non-hydrogen) atoms. The molecule has 3 aromatic rings. The van der Waals surface area contributed by atoms with Crippen molar-refractivity contribution in [3.05, 3.63) is 66.5 Å². The van der Waals surface area contributed by atoms with Crippen LogP contribution in [-0.2, 0) is 11.3 Å². The Labute approximate surface area is 198 Å². The molecule has 1 unspecified atom stereocenters. The molecule has 3 amide bonds. The van der Waals surface area contributed by atoms with Crippen molar-refractivity contribution in [2.45, 2.75) is 25.5 Å². The van der Waals surface area contributed by atoms with Crippen LogP contribution in [0.25, 0.3) is 11.1 Å². The molecule has 0 bridgehead atoms. The molecule has 2 heterocycles. The number of H-pyrrole nitrogens is 1. The number of benzene rings is 2. The van der Waals surface area contributed by atoms with E-state index in [4.69, 9.17) is 4.74 Å². The standard InChI is InChI=1S/C25H29N5O4/c1-34-23-4-2-3-18(13-23)16-30(12-10-24(32)29-11-9-22(31)17-29)25(33)28-21-7-5-19(6-8-21)20-14-26-27-15-20/h2-8,13-15,22,31H,9-12,16-17H2,1H3,(H,26,27)(H,28,33). The lowest BCUT2D eigenvalue weighted by Gasteiger charge is -2.25. The Balaban J connectivity index is 1.44. The van der Waals surface area contributed by atoms with Gasteiger partial charge in [0.1, 0.15) is 5.75 Å². The van der Waals surface area contributed by atoms with Gasteiger partial charge in [0, 0.05) is 50.0 Å². The first-order valence-electron chi connectivity index (χ1n) is 11.3. The average molecular weight is 464 g/mol. The number of carbonyl (C=O) groups is 2. The van der Waals surface area contributed by atoms with Crippen molar-refractivity contribution in [3.63, 3.8) is 0 Å². The minimum Gasteiger partial charge on any atom is -0.497 e. The molecule has 1 aliphatic heterocycles. The fourth-order valence-corrected chi connectivity index (χ4v) is 3.96. The van der Waals surface area contributed by atoms with Gasteiger partial charge in [0.15, 0.2) is 0 Å². The van der Waals surface area contributed by atoms with Crippen LogP contribution in [0.15, 0.2) is 60.9 Å². The fourth-order valence-electron chi connectivity index (χ4n) is 3.96. The Morgan fingerprint density at radius 3 is 2.74 bits per heavy atom. The van der Waals surface area contributed by atoms with Crippen LogP contribution in [0.1, 0.15) is 18.4 Å². The molecule has 1 saturated heterocycles. The number of ether oxygens (including phenoxy) is 1. The zero-order chi connectivity index (χ0) is 23.9. The van der Waals surface area contributed by atoms with E-state index in [1.807, 2.05) is 48.5 Å². The molecule has 2 aromatic carbocycles. The number of nitrogens with zero attached hydrogens (tertiary/aromatic N) is 3. The number of hydrogen-bond donors (Lipinski definition) is 3. The van der Waals surface area contributed by atoms with Crippen LogP contribution in [0.5, 0.6) is 5.75 Å². The first kappa shape index (κ1) is 23.3. The van der Waals surface area contributed by atoms with Crippen LogP contribution >= 0.6 is 0 Å². The third kappa shape index (κ3) is 5.93. The van der Waals surface area contributed by atoms with E-state index in [-0.39, 0.29) is 24.9 Å². The molecule has 1 aromatic heterocycles. The Kier molecular flexibility index (Phi) is 7.44. The molecule has 9 nitrogen and oxygen atoms in total. The molecule has 1 atom stereocenters. The quantitative estimate of drug-likeness (QED) is 0.475. The number of aliphatic hydroxyl groups excluding tert-OH is 1.